The molecule has 14 heteroatoms. The zero-order chi connectivity index (χ0) is 40.0. The maximum atomic E-state index is 6.55. The molecule has 2 unspecified atom stereocenters. The van der Waals surface area contributed by atoms with Crippen molar-refractivity contribution in [3.8, 4) is 22.6 Å². The molecule has 2 atom stereocenters. The molecule has 0 N–H and O–H groups in total. The standard InChI is InChI=1S/C45H48O12P2/c1-28-31(10-5-12-33(28)42-46-19-20-47-42)35-14-7-16-37(44-50-23-24-51-44)40(35)56-58-54-27-30-9-3-4-18-39(30)55-59-57-41-36(15-8-17-38(41)45-52-25-26-53-45)32-11-6-13-34(29(32)2)43-48-21-22-49-43/h3-6,8-13,15-18,42-45,58-59H,7,14,19-27H2,1-2H3. The van der Waals surface area contributed by atoms with E-state index in [9.17, 15) is 0 Å². The number of benzene rings is 4. The van der Waals surface area contributed by atoms with Gasteiger partial charge in [-0.1, -0.05) is 78.9 Å². The van der Waals surface area contributed by atoms with Crippen LogP contribution in [0.3, 0.4) is 0 Å². The van der Waals surface area contributed by atoms with Crippen LogP contribution in [0.2, 0.25) is 0 Å². The largest absolute Gasteiger partial charge is 0.449 e. The number of hydrogen-bond donors (Lipinski definition) is 0. The molecule has 1 aliphatic carbocycles. The highest BCUT2D eigenvalue weighted by Crippen LogP contribution is 2.46. The lowest BCUT2D eigenvalue weighted by Crippen LogP contribution is -2.17. The van der Waals surface area contributed by atoms with Crippen LogP contribution >= 0.6 is 18.1 Å². The Morgan fingerprint density at radius 3 is 1.73 bits per heavy atom. The highest BCUT2D eigenvalue weighted by molar-refractivity contribution is 7.27. The van der Waals surface area contributed by atoms with Crippen LogP contribution in [-0.4, -0.2) is 59.1 Å². The summed E-state index contributed by atoms with van der Waals surface area (Å²) in [6, 6.07) is 26.1. The monoisotopic (exact) mass is 842 g/mol. The van der Waals surface area contributed by atoms with Crippen LogP contribution in [0.25, 0.3) is 16.7 Å². The second kappa shape index (κ2) is 19.3. The Hall–Kier alpha value is -3.74. The van der Waals surface area contributed by atoms with E-state index in [4.69, 9.17) is 56.0 Å². The predicted octanol–water partition coefficient (Wildman–Crippen LogP) is 9.62. The maximum Gasteiger partial charge on any atom is 0.275 e. The van der Waals surface area contributed by atoms with Crippen molar-refractivity contribution in [3.05, 3.63) is 135 Å². The lowest BCUT2D eigenvalue weighted by molar-refractivity contribution is -0.0451. The minimum atomic E-state index is -0.549. The first-order valence-electron chi connectivity index (χ1n) is 20.0. The van der Waals surface area contributed by atoms with Gasteiger partial charge in [0.15, 0.2) is 25.2 Å². The highest BCUT2D eigenvalue weighted by atomic mass is 31.1. The minimum Gasteiger partial charge on any atom is -0.449 e. The molecule has 0 amide bonds. The van der Waals surface area contributed by atoms with Gasteiger partial charge in [-0.15, -0.1) is 0 Å². The number of allylic oxidation sites excluding steroid dienone is 2. The van der Waals surface area contributed by atoms with E-state index in [-0.39, 0.29) is 31.0 Å². The molecular formula is C45H48O12P2. The molecule has 4 aromatic rings. The molecule has 4 saturated heterocycles. The summed E-state index contributed by atoms with van der Waals surface area (Å²) in [5, 5.41) is 0. The summed E-state index contributed by atoms with van der Waals surface area (Å²) in [6.45, 7) is 8.81. The van der Waals surface area contributed by atoms with E-state index in [1.165, 1.54) is 0 Å². The molecule has 5 aliphatic rings. The second-order valence-electron chi connectivity index (χ2n) is 14.4. The van der Waals surface area contributed by atoms with E-state index in [0.717, 1.165) is 79.8 Å². The number of ether oxygens (including phenoxy) is 8. The van der Waals surface area contributed by atoms with Crippen molar-refractivity contribution in [2.75, 3.05) is 52.9 Å². The maximum absolute atomic E-state index is 6.55. The van der Waals surface area contributed by atoms with Gasteiger partial charge in [0.1, 0.15) is 17.3 Å². The summed E-state index contributed by atoms with van der Waals surface area (Å²) in [4.78, 5) is 0. The van der Waals surface area contributed by atoms with Crippen molar-refractivity contribution in [2.24, 2.45) is 0 Å². The Morgan fingerprint density at radius 1 is 0.525 bits per heavy atom. The highest BCUT2D eigenvalue weighted by Gasteiger charge is 2.32. The quantitative estimate of drug-likeness (QED) is 0.0840. The van der Waals surface area contributed by atoms with Crippen molar-refractivity contribution < 1.29 is 56.0 Å². The number of para-hydroxylation sites is 2. The fourth-order valence-electron chi connectivity index (χ4n) is 8.00. The van der Waals surface area contributed by atoms with E-state index < -0.39 is 18.9 Å². The third-order valence-corrected chi connectivity index (χ3v) is 12.0. The van der Waals surface area contributed by atoms with Crippen LogP contribution in [-0.2, 0) is 53.5 Å². The number of hydrogen-bond acceptors (Lipinski definition) is 12. The molecule has 4 aliphatic heterocycles. The van der Waals surface area contributed by atoms with Crippen molar-refractivity contribution in [2.45, 2.75) is 58.5 Å². The molecule has 0 radical (unpaired) electrons. The van der Waals surface area contributed by atoms with Crippen LogP contribution in [0.5, 0.6) is 11.5 Å². The Balaban J connectivity index is 0.907. The fourth-order valence-corrected chi connectivity index (χ4v) is 9.24. The molecule has 0 saturated carbocycles. The van der Waals surface area contributed by atoms with Crippen molar-refractivity contribution in [3.63, 3.8) is 0 Å². The van der Waals surface area contributed by atoms with Crippen LogP contribution in [0.1, 0.15) is 70.7 Å². The zero-order valence-corrected chi connectivity index (χ0v) is 35.1. The third-order valence-electron chi connectivity index (χ3n) is 10.9. The molecule has 59 heavy (non-hydrogen) atoms. The van der Waals surface area contributed by atoms with E-state index in [2.05, 4.69) is 38.1 Å². The lowest BCUT2D eigenvalue weighted by Gasteiger charge is -2.26. The SMILES string of the molecule is Cc1c(C2=C(OPOCc3ccccc3OPOc3c(-c4cccc(C5OCCO5)c4C)cccc3C3OCCO3)C(C3OCCO3)=CCC2)cccc1C1OCCO1. The van der Waals surface area contributed by atoms with Crippen LogP contribution < -0.4 is 9.05 Å². The van der Waals surface area contributed by atoms with Gasteiger partial charge in [-0.25, -0.2) is 0 Å². The molecule has 0 aromatic heterocycles. The zero-order valence-electron chi connectivity index (χ0n) is 33.1. The molecule has 9 rings (SSSR count). The Labute approximate surface area is 347 Å². The van der Waals surface area contributed by atoms with E-state index in [1.54, 1.807) is 0 Å². The summed E-state index contributed by atoms with van der Waals surface area (Å²) < 4.78 is 73.0. The van der Waals surface area contributed by atoms with Gasteiger partial charge in [-0.05, 0) is 55.0 Å². The summed E-state index contributed by atoms with van der Waals surface area (Å²) >= 11 is 0. The van der Waals surface area contributed by atoms with Crippen LogP contribution in [0.4, 0.5) is 0 Å². The molecule has 12 nitrogen and oxygen atoms in total. The van der Waals surface area contributed by atoms with Crippen LogP contribution in [0, 0.1) is 13.8 Å². The molecule has 0 spiro atoms. The Kier molecular flexibility index (Phi) is 13.3. The number of rotatable bonds is 15. The van der Waals surface area contributed by atoms with Gasteiger partial charge in [0.05, 0.1) is 65.0 Å². The molecular weight excluding hydrogens is 794 g/mol. The van der Waals surface area contributed by atoms with Gasteiger partial charge < -0.3 is 56.0 Å². The van der Waals surface area contributed by atoms with Crippen molar-refractivity contribution >= 4 is 23.6 Å². The summed E-state index contributed by atoms with van der Waals surface area (Å²) in [6.07, 6.45) is 1.96. The Bertz CT molecular complexity index is 2150. The first kappa shape index (κ1) is 40.7. The average molecular weight is 843 g/mol. The van der Waals surface area contributed by atoms with E-state index >= 15 is 0 Å². The summed E-state index contributed by atoms with van der Waals surface area (Å²) in [5.74, 6) is 2.00. The fraction of sp³-hybridized carbons (Fsp3) is 0.378. The molecule has 4 fully saturated rings. The van der Waals surface area contributed by atoms with Gasteiger partial charge in [0.25, 0.3) is 9.03 Å². The average Bonchev–Trinajstić information content (AvgIpc) is 4.13. The van der Waals surface area contributed by atoms with E-state index in [0.29, 0.717) is 64.4 Å². The first-order valence-corrected chi connectivity index (χ1v) is 21.7. The normalized spacial score (nSPS) is 19.9. The third kappa shape index (κ3) is 9.01. The second-order valence-corrected chi connectivity index (χ2v) is 15.7. The summed E-state index contributed by atoms with van der Waals surface area (Å²) in [7, 11) is -0.691. The minimum absolute atomic E-state index is 0.255. The van der Waals surface area contributed by atoms with Gasteiger partial charge in [-0.2, -0.15) is 0 Å². The van der Waals surface area contributed by atoms with Gasteiger partial charge >= 0.3 is 0 Å². The van der Waals surface area contributed by atoms with Gasteiger partial charge in [0, 0.05) is 33.4 Å². The lowest BCUT2D eigenvalue weighted by atomic mass is 9.88. The predicted molar refractivity (Wildman–Crippen MR) is 222 cm³/mol. The van der Waals surface area contributed by atoms with E-state index in [1.807, 2.05) is 60.7 Å². The van der Waals surface area contributed by atoms with Gasteiger partial charge in [-0.3, -0.25) is 0 Å². The van der Waals surface area contributed by atoms with Crippen LogP contribution in [0.15, 0.2) is 96.3 Å². The smallest absolute Gasteiger partial charge is 0.275 e. The van der Waals surface area contributed by atoms with Crippen molar-refractivity contribution in [1.29, 1.82) is 0 Å². The summed E-state index contributed by atoms with van der Waals surface area (Å²) in [5.41, 5.74) is 10.7. The Morgan fingerprint density at radius 2 is 1.07 bits per heavy atom. The topological polar surface area (TPSA) is 111 Å². The molecule has 4 aromatic carbocycles. The first-order chi connectivity index (χ1) is 29.1. The van der Waals surface area contributed by atoms with Gasteiger partial charge in [0.2, 0.25) is 9.03 Å². The molecule has 4 heterocycles. The molecule has 310 valence electrons. The van der Waals surface area contributed by atoms with Crippen molar-refractivity contribution in [1.82, 2.24) is 0 Å². The molecule has 0 bridgehead atoms.